The predicted octanol–water partition coefficient (Wildman–Crippen LogP) is 2.65. The molecule has 0 saturated carbocycles. The summed E-state index contributed by atoms with van der Waals surface area (Å²) in [7, 11) is 0. The van der Waals surface area contributed by atoms with Gasteiger partial charge in [0.15, 0.2) is 0 Å². The normalized spacial score (nSPS) is 10.3. The number of hydrogen-bond acceptors (Lipinski definition) is 1. The Hall–Kier alpha value is 0.820. The summed E-state index contributed by atoms with van der Waals surface area (Å²) in [5, 5.41) is 2.09. The maximum Gasteiger partial charge on any atom is 0.0495 e. The zero-order valence-corrected chi connectivity index (χ0v) is 6.62. The molecule has 0 aromatic heterocycles. The molecule has 0 nitrogen and oxygen atoms in total. The summed E-state index contributed by atoms with van der Waals surface area (Å²) in [6.07, 6.45) is 2.04. The van der Waals surface area contributed by atoms with Gasteiger partial charge in [0.05, 0.1) is 0 Å². The van der Waals surface area contributed by atoms with Gasteiger partial charge >= 0.3 is 0 Å². The van der Waals surface area contributed by atoms with Crippen molar-refractivity contribution in [1.29, 1.82) is 0 Å². The summed E-state index contributed by atoms with van der Waals surface area (Å²) in [6.45, 7) is 2.03. The maximum absolute atomic E-state index is 2.32. The molecular formula is C4H7IS. The summed E-state index contributed by atoms with van der Waals surface area (Å²) in [5.41, 5.74) is 0. The minimum atomic E-state index is 1.15. The first-order chi connectivity index (χ1) is 2.91. The molecule has 0 unspecified atom stereocenters. The topological polar surface area (TPSA) is 0 Å². The van der Waals surface area contributed by atoms with Crippen LogP contribution in [0.3, 0.4) is 0 Å². The lowest BCUT2D eigenvalue weighted by Gasteiger charge is -1.75. The SMILES string of the molecule is CC=CSCI. The van der Waals surface area contributed by atoms with Gasteiger partial charge < -0.3 is 0 Å². The predicted molar refractivity (Wildman–Crippen MR) is 41.3 cm³/mol. The van der Waals surface area contributed by atoms with Gasteiger partial charge in [-0.15, -0.1) is 11.8 Å². The second-order valence-corrected chi connectivity index (χ2v) is 3.44. The Morgan fingerprint density at radius 3 is 2.67 bits per heavy atom. The van der Waals surface area contributed by atoms with Gasteiger partial charge in [0.2, 0.25) is 0 Å². The van der Waals surface area contributed by atoms with Gasteiger partial charge in [0.1, 0.15) is 0 Å². The van der Waals surface area contributed by atoms with E-state index in [0.29, 0.717) is 0 Å². The molecule has 0 N–H and O–H groups in total. The molecule has 2 heteroatoms. The van der Waals surface area contributed by atoms with Crippen molar-refractivity contribution < 1.29 is 0 Å². The number of allylic oxidation sites excluding steroid dienone is 1. The Bertz CT molecular complexity index is 42.8. The number of halogens is 1. The van der Waals surface area contributed by atoms with Crippen molar-refractivity contribution in [2.45, 2.75) is 6.92 Å². The van der Waals surface area contributed by atoms with E-state index in [1.807, 2.05) is 24.8 Å². The molecule has 0 aliphatic carbocycles. The lowest BCUT2D eigenvalue weighted by molar-refractivity contribution is 1.79. The zero-order valence-electron chi connectivity index (χ0n) is 3.65. The molecule has 0 spiro atoms. The van der Waals surface area contributed by atoms with Crippen LogP contribution in [0.5, 0.6) is 0 Å². The maximum atomic E-state index is 2.32. The molecule has 0 amide bonds. The first kappa shape index (κ1) is 6.82. The summed E-state index contributed by atoms with van der Waals surface area (Å²) in [5.74, 6) is 0. The van der Waals surface area contributed by atoms with Crippen molar-refractivity contribution in [1.82, 2.24) is 0 Å². The van der Waals surface area contributed by atoms with E-state index in [1.165, 1.54) is 0 Å². The van der Waals surface area contributed by atoms with Crippen LogP contribution in [0.15, 0.2) is 11.5 Å². The highest BCUT2D eigenvalue weighted by molar-refractivity contribution is 14.1. The van der Waals surface area contributed by atoms with Crippen LogP contribution in [0, 0.1) is 0 Å². The van der Waals surface area contributed by atoms with Crippen LogP contribution < -0.4 is 0 Å². The van der Waals surface area contributed by atoms with E-state index in [9.17, 15) is 0 Å². The molecule has 0 aliphatic heterocycles. The van der Waals surface area contributed by atoms with E-state index in [2.05, 4.69) is 28.0 Å². The molecule has 0 bridgehead atoms. The highest BCUT2D eigenvalue weighted by atomic mass is 127. The summed E-state index contributed by atoms with van der Waals surface area (Å²) < 4.78 is 1.15. The summed E-state index contributed by atoms with van der Waals surface area (Å²) in [6, 6.07) is 0. The highest BCUT2D eigenvalue weighted by Gasteiger charge is 1.66. The number of alkyl halides is 1. The van der Waals surface area contributed by atoms with Crippen molar-refractivity contribution >= 4 is 34.4 Å². The van der Waals surface area contributed by atoms with Crippen LogP contribution >= 0.6 is 34.4 Å². The van der Waals surface area contributed by atoms with E-state index >= 15 is 0 Å². The van der Waals surface area contributed by atoms with Crippen LogP contribution in [0.25, 0.3) is 0 Å². The van der Waals surface area contributed by atoms with Crippen molar-refractivity contribution in [2.24, 2.45) is 0 Å². The van der Waals surface area contributed by atoms with Crippen LogP contribution in [-0.2, 0) is 0 Å². The van der Waals surface area contributed by atoms with Gasteiger partial charge in [-0.05, 0) is 12.3 Å². The van der Waals surface area contributed by atoms with Gasteiger partial charge in [0, 0.05) is 3.76 Å². The second-order valence-electron chi connectivity index (χ2n) is 0.745. The van der Waals surface area contributed by atoms with E-state index in [-0.39, 0.29) is 0 Å². The van der Waals surface area contributed by atoms with E-state index in [0.717, 1.165) is 3.76 Å². The first-order valence-electron chi connectivity index (χ1n) is 1.70. The Balaban J connectivity index is 2.66. The lowest BCUT2D eigenvalue weighted by atomic mass is 10.8. The molecule has 0 radical (unpaired) electrons. The molecule has 0 atom stereocenters. The molecule has 0 aromatic rings. The third kappa shape index (κ3) is 4.82. The third-order valence-electron chi connectivity index (χ3n) is 0.295. The van der Waals surface area contributed by atoms with Gasteiger partial charge in [-0.3, -0.25) is 0 Å². The van der Waals surface area contributed by atoms with Crippen molar-refractivity contribution in [2.75, 3.05) is 3.76 Å². The minimum Gasteiger partial charge on any atom is -0.124 e. The number of hydrogen-bond donors (Lipinski definition) is 0. The monoisotopic (exact) mass is 214 g/mol. The molecule has 0 saturated heterocycles. The molecule has 0 aliphatic rings. The van der Waals surface area contributed by atoms with E-state index < -0.39 is 0 Å². The second kappa shape index (κ2) is 5.82. The lowest BCUT2D eigenvalue weighted by Crippen LogP contribution is -1.46. The molecule has 36 valence electrons. The quantitative estimate of drug-likeness (QED) is 0.503. The standard InChI is InChI=1S/C4H7IS/c1-2-3-6-4-5/h2-3H,4H2,1H3. The van der Waals surface area contributed by atoms with Crippen molar-refractivity contribution in [3.05, 3.63) is 11.5 Å². The van der Waals surface area contributed by atoms with Crippen LogP contribution in [0.4, 0.5) is 0 Å². The molecule has 0 heterocycles. The largest absolute Gasteiger partial charge is 0.124 e. The van der Waals surface area contributed by atoms with E-state index in [1.54, 1.807) is 0 Å². The Kier molecular flexibility index (Phi) is 6.62. The Morgan fingerprint density at radius 1 is 1.83 bits per heavy atom. The fourth-order valence-electron chi connectivity index (χ4n) is 0.133. The zero-order chi connectivity index (χ0) is 4.83. The van der Waals surface area contributed by atoms with Gasteiger partial charge in [-0.25, -0.2) is 0 Å². The van der Waals surface area contributed by atoms with Gasteiger partial charge in [-0.2, -0.15) is 0 Å². The first-order valence-corrected chi connectivity index (χ1v) is 4.28. The fraction of sp³-hybridized carbons (Fsp3) is 0.500. The minimum absolute atomic E-state index is 1.15. The van der Waals surface area contributed by atoms with Crippen molar-refractivity contribution in [3.63, 3.8) is 0 Å². The number of thioether (sulfide) groups is 1. The fourth-order valence-corrected chi connectivity index (χ4v) is 1.02. The Labute approximate surface area is 56.5 Å². The molecule has 0 fully saturated rings. The molecule has 0 aromatic carbocycles. The van der Waals surface area contributed by atoms with Crippen LogP contribution in [0.1, 0.15) is 6.92 Å². The molecular weight excluding hydrogens is 207 g/mol. The smallest absolute Gasteiger partial charge is 0.0495 e. The average molecular weight is 214 g/mol. The van der Waals surface area contributed by atoms with E-state index in [4.69, 9.17) is 0 Å². The molecule has 6 heavy (non-hydrogen) atoms. The summed E-state index contributed by atoms with van der Waals surface area (Å²) >= 11 is 4.14. The van der Waals surface area contributed by atoms with Crippen LogP contribution in [-0.4, -0.2) is 3.76 Å². The van der Waals surface area contributed by atoms with Gasteiger partial charge in [0.25, 0.3) is 0 Å². The van der Waals surface area contributed by atoms with Crippen LogP contribution in [0.2, 0.25) is 0 Å². The Morgan fingerprint density at radius 2 is 2.50 bits per heavy atom. The third-order valence-corrected chi connectivity index (χ3v) is 1.96. The molecule has 0 rings (SSSR count). The number of rotatable bonds is 2. The van der Waals surface area contributed by atoms with Crippen molar-refractivity contribution in [3.8, 4) is 0 Å². The van der Waals surface area contributed by atoms with Gasteiger partial charge in [-0.1, -0.05) is 28.7 Å². The summed E-state index contributed by atoms with van der Waals surface area (Å²) in [4.78, 5) is 0. The highest BCUT2D eigenvalue weighted by Crippen LogP contribution is 2.04. The average Bonchev–Trinajstić information content (AvgIpc) is 1.61.